The molecule has 1 atom stereocenters. The fourth-order valence-electron chi connectivity index (χ4n) is 4.30. The van der Waals surface area contributed by atoms with Crippen molar-refractivity contribution in [2.45, 2.75) is 50.8 Å². The van der Waals surface area contributed by atoms with Crippen LogP contribution < -0.4 is 0 Å². The highest BCUT2D eigenvalue weighted by Crippen LogP contribution is 2.52. The van der Waals surface area contributed by atoms with E-state index >= 15 is 0 Å². The number of halogens is 1. The zero-order valence-corrected chi connectivity index (χ0v) is 12.8. The first kappa shape index (κ1) is 12.7. The Morgan fingerprint density at radius 1 is 1.00 bits per heavy atom. The lowest BCUT2D eigenvalue weighted by atomic mass is 9.80. The van der Waals surface area contributed by atoms with Crippen LogP contribution in [0.5, 0.6) is 0 Å². The summed E-state index contributed by atoms with van der Waals surface area (Å²) in [7, 11) is 0. The van der Waals surface area contributed by atoms with Crippen molar-refractivity contribution in [2.75, 3.05) is 0 Å². The molecule has 2 aromatic carbocycles. The van der Waals surface area contributed by atoms with Crippen molar-refractivity contribution in [3.63, 3.8) is 0 Å². The fraction of sp³-hybridized carbons (Fsp3) is 0.474. The van der Waals surface area contributed by atoms with Gasteiger partial charge in [-0.1, -0.05) is 50.1 Å². The van der Waals surface area contributed by atoms with Crippen LogP contribution in [-0.4, -0.2) is 0 Å². The second-order valence-corrected chi connectivity index (χ2v) is 7.31. The predicted octanol–water partition coefficient (Wildman–Crippen LogP) is 5.80. The van der Waals surface area contributed by atoms with Gasteiger partial charge in [0, 0.05) is 0 Å². The third-order valence-corrected chi connectivity index (χ3v) is 6.30. The van der Waals surface area contributed by atoms with Crippen molar-refractivity contribution in [1.82, 2.24) is 0 Å². The van der Waals surface area contributed by atoms with Crippen molar-refractivity contribution in [3.8, 4) is 0 Å². The molecule has 4 rings (SSSR count). The number of rotatable bonds is 2. The number of alkyl halides is 1. The molecule has 20 heavy (non-hydrogen) atoms. The van der Waals surface area contributed by atoms with Gasteiger partial charge in [0.25, 0.3) is 0 Å². The Morgan fingerprint density at radius 2 is 1.70 bits per heavy atom. The second kappa shape index (κ2) is 4.49. The Bertz CT molecular complexity index is 655. The molecule has 0 radical (unpaired) electrons. The summed E-state index contributed by atoms with van der Waals surface area (Å²) in [5.41, 5.74) is 4.67. The molecule has 2 aromatic rings. The van der Waals surface area contributed by atoms with E-state index in [1.165, 1.54) is 66.0 Å². The molecule has 0 aliphatic heterocycles. The number of benzene rings is 2. The zero-order chi connectivity index (χ0) is 13.7. The molecule has 0 nitrogen and oxygen atoms in total. The summed E-state index contributed by atoms with van der Waals surface area (Å²) in [6, 6.07) is 11.4. The maximum Gasteiger partial charge on any atom is 0.0644 e. The first-order chi connectivity index (χ1) is 9.69. The maximum absolute atomic E-state index is 6.96. The van der Waals surface area contributed by atoms with Crippen molar-refractivity contribution in [1.29, 1.82) is 0 Å². The van der Waals surface area contributed by atoms with E-state index in [9.17, 15) is 0 Å². The molecule has 2 aliphatic carbocycles. The van der Waals surface area contributed by atoms with Crippen LogP contribution in [0.4, 0.5) is 0 Å². The Balaban J connectivity index is 1.89. The fourth-order valence-corrected chi connectivity index (χ4v) is 4.71. The summed E-state index contributed by atoms with van der Waals surface area (Å²) in [5, 5.41) is 3.05. The summed E-state index contributed by atoms with van der Waals surface area (Å²) in [5.74, 6) is 0. The Labute approximate surface area is 126 Å². The van der Waals surface area contributed by atoms with Crippen molar-refractivity contribution < 1.29 is 0 Å². The van der Waals surface area contributed by atoms with E-state index in [0.29, 0.717) is 0 Å². The van der Waals surface area contributed by atoms with Gasteiger partial charge in [-0.3, -0.25) is 0 Å². The Hall–Kier alpha value is -1.01. The maximum atomic E-state index is 6.96. The molecule has 1 saturated carbocycles. The molecule has 1 fully saturated rings. The summed E-state index contributed by atoms with van der Waals surface area (Å²) in [6.07, 6.45) is 7.59. The zero-order valence-electron chi connectivity index (χ0n) is 12.1. The molecular formula is C19H21Cl. The van der Waals surface area contributed by atoms with Crippen molar-refractivity contribution >= 4 is 22.4 Å². The monoisotopic (exact) mass is 284 g/mol. The second-order valence-electron chi connectivity index (χ2n) is 6.88. The molecule has 104 valence electrons. The third kappa shape index (κ3) is 1.74. The molecule has 2 aliphatic rings. The van der Waals surface area contributed by atoms with Crippen LogP contribution in [0.2, 0.25) is 0 Å². The summed E-state index contributed by atoms with van der Waals surface area (Å²) in [4.78, 5) is 0. The Kier molecular flexibility index (Phi) is 2.86. The number of aryl methyl sites for hydroxylation is 2. The molecule has 0 bridgehead atoms. The van der Waals surface area contributed by atoms with Gasteiger partial charge in [0.2, 0.25) is 0 Å². The van der Waals surface area contributed by atoms with E-state index in [0.717, 1.165) is 0 Å². The van der Waals surface area contributed by atoms with Crippen LogP contribution in [0.1, 0.15) is 54.7 Å². The van der Waals surface area contributed by atoms with Gasteiger partial charge >= 0.3 is 0 Å². The van der Waals surface area contributed by atoms with Crippen LogP contribution in [0.15, 0.2) is 30.3 Å². The van der Waals surface area contributed by atoms with Crippen LogP contribution in [0.3, 0.4) is 0 Å². The predicted molar refractivity (Wildman–Crippen MR) is 86.5 cm³/mol. The molecule has 0 spiro atoms. The molecule has 1 heteroatoms. The van der Waals surface area contributed by atoms with Gasteiger partial charge < -0.3 is 0 Å². The van der Waals surface area contributed by atoms with Crippen LogP contribution >= 0.6 is 11.6 Å². The minimum absolute atomic E-state index is 0.148. The van der Waals surface area contributed by atoms with Crippen molar-refractivity contribution in [2.24, 2.45) is 5.41 Å². The minimum Gasteiger partial charge on any atom is -0.117 e. The highest BCUT2D eigenvalue weighted by molar-refractivity contribution is 6.22. The molecule has 0 aromatic heterocycles. The average Bonchev–Trinajstić information content (AvgIpc) is 3.08. The minimum atomic E-state index is 0.148. The van der Waals surface area contributed by atoms with Crippen LogP contribution in [0, 0.1) is 5.41 Å². The quantitative estimate of drug-likeness (QED) is 0.612. The standard InChI is InChI=1S/C19H21Cl/c1-19(11-2-3-12-19)18(20)16-10-9-14-8-7-13-5-4-6-15(16)17(13)14/h4-6,9-10,18H,2-3,7-8,11-12H2,1H3. The molecular weight excluding hydrogens is 264 g/mol. The van der Waals surface area contributed by atoms with E-state index in [-0.39, 0.29) is 10.8 Å². The SMILES string of the molecule is CC1(C(Cl)c2ccc3c4c(cccc24)CC3)CCCC1. The van der Waals surface area contributed by atoms with Gasteiger partial charge in [0.1, 0.15) is 0 Å². The molecule has 0 N–H and O–H groups in total. The van der Waals surface area contributed by atoms with Crippen molar-refractivity contribution in [3.05, 3.63) is 47.0 Å². The van der Waals surface area contributed by atoms with Gasteiger partial charge in [0.15, 0.2) is 0 Å². The molecule has 1 unspecified atom stereocenters. The smallest absolute Gasteiger partial charge is 0.0644 e. The average molecular weight is 285 g/mol. The lowest BCUT2D eigenvalue weighted by Crippen LogP contribution is -2.18. The van der Waals surface area contributed by atoms with E-state index in [2.05, 4.69) is 37.3 Å². The molecule has 0 amide bonds. The molecule has 0 saturated heterocycles. The highest BCUT2D eigenvalue weighted by Gasteiger charge is 2.37. The highest BCUT2D eigenvalue weighted by atomic mass is 35.5. The number of hydrogen-bond donors (Lipinski definition) is 0. The topological polar surface area (TPSA) is 0 Å². The van der Waals surface area contributed by atoms with E-state index < -0.39 is 0 Å². The molecule has 0 heterocycles. The van der Waals surface area contributed by atoms with E-state index in [1.54, 1.807) is 0 Å². The first-order valence-corrected chi connectivity index (χ1v) is 8.30. The van der Waals surface area contributed by atoms with Crippen LogP contribution in [-0.2, 0) is 12.8 Å². The third-order valence-electron chi connectivity index (χ3n) is 5.54. The van der Waals surface area contributed by atoms with Crippen LogP contribution in [0.25, 0.3) is 10.8 Å². The van der Waals surface area contributed by atoms with E-state index in [4.69, 9.17) is 11.6 Å². The summed E-state index contributed by atoms with van der Waals surface area (Å²) >= 11 is 6.96. The van der Waals surface area contributed by atoms with Gasteiger partial charge in [-0.15, -0.1) is 11.6 Å². The van der Waals surface area contributed by atoms with Gasteiger partial charge in [-0.25, -0.2) is 0 Å². The van der Waals surface area contributed by atoms with Gasteiger partial charge in [-0.2, -0.15) is 0 Å². The van der Waals surface area contributed by atoms with Gasteiger partial charge in [0.05, 0.1) is 5.38 Å². The summed E-state index contributed by atoms with van der Waals surface area (Å²) < 4.78 is 0. The number of hydrogen-bond acceptors (Lipinski definition) is 0. The van der Waals surface area contributed by atoms with E-state index in [1.807, 2.05) is 0 Å². The first-order valence-electron chi connectivity index (χ1n) is 7.86. The van der Waals surface area contributed by atoms with Gasteiger partial charge in [-0.05, 0) is 58.6 Å². The largest absolute Gasteiger partial charge is 0.117 e. The lowest BCUT2D eigenvalue weighted by molar-refractivity contribution is 0.323. The normalized spacial score (nSPS) is 21.5. The Morgan fingerprint density at radius 3 is 2.45 bits per heavy atom. The lowest BCUT2D eigenvalue weighted by Gasteiger charge is -2.30. The summed E-state index contributed by atoms with van der Waals surface area (Å²) in [6.45, 7) is 2.38.